The van der Waals surface area contributed by atoms with E-state index >= 15 is 0 Å². The van der Waals surface area contributed by atoms with E-state index in [1.54, 1.807) is 57.5 Å². The normalized spacial score (nSPS) is 10.0. The molecule has 4 aromatic rings. The van der Waals surface area contributed by atoms with Gasteiger partial charge in [-0.25, -0.2) is 4.79 Å². The van der Waals surface area contributed by atoms with Gasteiger partial charge in [-0.2, -0.15) is 0 Å². The number of carbonyl (C=O) groups is 5. The first-order chi connectivity index (χ1) is 39.1. The minimum Gasteiger partial charge on any atom is -0.493 e. The maximum Gasteiger partial charge on any atom is 0.335 e. The van der Waals surface area contributed by atoms with Gasteiger partial charge in [0, 0.05) is 37.8 Å². The fraction of sp³-hybridized carbons (Fsp3) is 0.500. The maximum absolute atomic E-state index is 12.2. The van der Waals surface area contributed by atoms with Gasteiger partial charge in [-0.15, -0.1) is 0 Å². The van der Waals surface area contributed by atoms with Crippen molar-refractivity contribution in [2.45, 2.75) is 83.1 Å². The van der Waals surface area contributed by atoms with Gasteiger partial charge in [0.15, 0.2) is 34.5 Å². The Balaban J connectivity index is 0.000000541. The molecule has 0 aliphatic heterocycles. The monoisotopic (exact) mass is 1140 g/mol. The zero-order valence-electron chi connectivity index (χ0n) is 50.0. The van der Waals surface area contributed by atoms with Crippen molar-refractivity contribution < 1.29 is 81.2 Å². The van der Waals surface area contributed by atoms with E-state index in [-0.39, 0.29) is 35.9 Å². The molecule has 0 spiro atoms. The molecule has 7 N–H and O–H groups in total. The van der Waals surface area contributed by atoms with Gasteiger partial charge in [0.2, 0.25) is 17.2 Å². The molecule has 4 aromatic carbocycles. The minimum absolute atomic E-state index is 0.101. The van der Waals surface area contributed by atoms with Crippen molar-refractivity contribution in [2.24, 2.45) is 0 Å². The lowest BCUT2D eigenvalue weighted by molar-refractivity contribution is 0.0694. The summed E-state index contributed by atoms with van der Waals surface area (Å²) in [6, 6.07) is 12.6. The lowest BCUT2D eigenvalue weighted by Crippen LogP contribution is -2.26. The summed E-state index contributed by atoms with van der Waals surface area (Å²) in [5.74, 6) is 3.06. The molecule has 0 heterocycles. The van der Waals surface area contributed by atoms with Gasteiger partial charge in [0.05, 0.1) is 76.2 Å². The second-order valence-electron chi connectivity index (χ2n) is 15.9. The van der Waals surface area contributed by atoms with Crippen molar-refractivity contribution in [1.29, 1.82) is 0 Å². The SMILES string of the molecule is CCNC(=O)c1cc(OCC)c(C(=O)NCC)cc1OCC.CCNC(=O)c1cc(OCC)c(OCNC)c(OCC)c1.CCOc1cc(C(=O)NC)cc(OCC)c1OCC.CCOc1cc(C(=O)O)cc(OCC)c1OCNC. The van der Waals surface area contributed by atoms with Crippen molar-refractivity contribution in [3.63, 3.8) is 0 Å². The third-order valence-corrected chi connectivity index (χ3v) is 10.1. The molecule has 0 unspecified atom stereocenters. The van der Waals surface area contributed by atoms with Crippen LogP contribution in [0.25, 0.3) is 0 Å². The highest BCUT2D eigenvalue weighted by molar-refractivity contribution is 6.02. The average molecular weight is 1140 g/mol. The predicted molar refractivity (Wildman–Crippen MR) is 310 cm³/mol. The molecule has 23 nitrogen and oxygen atoms in total. The zero-order chi connectivity index (χ0) is 60.7. The summed E-state index contributed by atoms with van der Waals surface area (Å²) in [7, 11) is 5.11. The summed E-state index contributed by atoms with van der Waals surface area (Å²) in [4.78, 5) is 59.1. The number of hydrogen-bond acceptors (Lipinski definition) is 18. The highest BCUT2D eigenvalue weighted by Crippen LogP contribution is 2.41. The Hall–Kier alpha value is -8.05. The summed E-state index contributed by atoms with van der Waals surface area (Å²) >= 11 is 0. The minimum atomic E-state index is -1.04. The number of aromatic carboxylic acids is 1. The summed E-state index contributed by atoms with van der Waals surface area (Å²) in [5.41, 5.74) is 1.79. The first kappa shape index (κ1) is 71.0. The number of carboxylic acids is 1. The van der Waals surface area contributed by atoms with Crippen molar-refractivity contribution in [3.05, 3.63) is 76.3 Å². The standard InChI is InChI=1S/C16H24N2O4.C15H24N2O4.C14H21NO4.C13H19NO5/c1-5-17-15(19)11-9-14(22-8-4)12(16(20)18-6-2)10-13(11)21-7-3;1-5-17-15(18)11-8-12(19-6-2)14(21-10-16-4)13(9-11)20-7-3;1-5-17-11-8-10(14(16)15-4)9-12(18-6-2)13(11)19-7-3;1-4-17-10-6-9(13(15)16)7-11(18-5-2)12(10)19-8-14-3/h9-10H,5-8H2,1-4H3,(H,17,19)(H,18,20);8-9,16H,5-7,10H2,1-4H3,(H,17,18);8-9H,5-7H2,1-4H3,(H,15,16);6-7,14H,4-5,8H2,1-3H3,(H,15,16). The van der Waals surface area contributed by atoms with Crippen LogP contribution >= 0.6 is 0 Å². The number of hydrogen-bond donors (Lipinski definition) is 7. The van der Waals surface area contributed by atoms with Crippen molar-refractivity contribution in [1.82, 2.24) is 31.9 Å². The largest absolute Gasteiger partial charge is 0.493 e. The van der Waals surface area contributed by atoms with E-state index in [0.717, 1.165) is 0 Å². The summed E-state index contributed by atoms with van der Waals surface area (Å²) in [6.07, 6.45) is 0. The Morgan fingerprint density at radius 3 is 0.852 bits per heavy atom. The van der Waals surface area contributed by atoms with Gasteiger partial charge in [0.25, 0.3) is 23.6 Å². The van der Waals surface area contributed by atoms with Gasteiger partial charge in [0.1, 0.15) is 25.0 Å². The number of carboxylic acid groups (broad SMARTS) is 1. The van der Waals surface area contributed by atoms with Crippen LogP contribution < -0.4 is 84.0 Å². The van der Waals surface area contributed by atoms with E-state index in [4.69, 9.17) is 57.2 Å². The van der Waals surface area contributed by atoms with Gasteiger partial charge < -0.3 is 78.5 Å². The van der Waals surface area contributed by atoms with E-state index in [1.165, 1.54) is 12.1 Å². The zero-order valence-corrected chi connectivity index (χ0v) is 50.0. The molecule has 452 valence electrons. The third-order valence-electron chi connectivity index (χ3n) is 10.1. The Morgan fingerprint density at radius 1 is 0.333 bits per heavy atom. The fourth-order valence-corrected chi connectivity index (χ4v) is 6.93. The fourth-order valence-electron chi connectivity index (χ4n) is 6.93. The smallest absolute Gasteiger partial charge is 0.335 e. The van der Waals surface area contributed by atoms with Crippen LogP contribution in [0, 0.1) is 0 Å². The molecule has 0 atom stereocenters. The van der Waals surface area contributed by atoms with Crippen molar-refractivity contribution in [3.8, 4) is 63.2 Å². The lowest BCUT2D eigenvalue weighted by atomic mass is 10.1. The molecule has 0 radical (unpaired) electrons. The average Bonchev–Trinajstić information content (AvgIpc) is 3.45. The van der Waals surface area contributed by atoms with Crippen LogP contribution in [0.2, 0.25) is 0 Å². The number of carbonyl (C=O) groups excluding carboxylic acids is 4. The van der Waals surface area contributed by atoms with Gasteiger partial charge in [-0.05, 0) is 146 Å². The van der Waals surface area contributed by atoms with Gasteiger partial charge in [-0.3, -0.25) is 29.8 Å². The molecule has 0 fully saturated rings. The van der Waals surface area contributed by atoms with Crippen LogP contribution in [0.15, 0.2) is 48.5 Å². The Morgan fingerprint density at radius 2 is 0.593 bits per heavy atom. The molecule has 23 heteroatoms. The quantitative estimate of drug-likeness (QED) is 0.0230. The van der Waals surface area contributed by atoms with Gasteiger partial charge >= 0.3 is 5.97 Å². The third kappa shape index (κ3) is 23.7. The molecule has 0 aromatic heterocycles. The number of ether oxygens (including phenoxy) is 11. The van der Waals surface area contributed by atoms with Crippen LogP contribution in [0.3, 0.4) is 0 Å². The molecule has 81 heavy (non-hydrogen) atoms. The predicted octanol–water partition coefficient (Wildman–Crippen LogP) is 7.75. The highest BCUT2D eigenvalue weighted by atomic mass is 16.6. The summed E-state index contributed by atoms with van der Waals surface area (Å²) in [5, 5.41) is 25.6. The Labute approximate surface area is 477 Å². The number of nitrogens with one attached hydrogen (secondary N) is 6. The highest BCUT2D eigenvalue weighted by Gasteiger charge is 2.23. The molecule has 0 aliphatic rings. The van der Waals surface area contributed by atoms with E-state index in [1.807, 2.05) is 83.1 Å². The second-order valence-corrected chi connectivity index (χ2v) is 15.9. The molecule has 4 rings (SSSR count). The molecule has 4 amide bonds. The molecule has 0 saturated heterocycles. The topological polar surface area (TPSA) is 279 Å². The molecule has 0 saturated carbocycles. The van der Waals surface area contributed by atoms with E-state index in [0.29, 0.717) is 171 Å². The van der Waals surface area contributed by atoms with Crippen LogP contribution in [0.4, 0.5) is 0 Å². The van der Waals surface area contributed by atoms with E-state index < -0.39 is 5.97 Å². The van der Waals surface area contributed by atoms with Gasteiger partial charge in [-0.1, -0.05) is 0 Å². The number of amides is 4. The Bertz CT molecular complexity index is 2420. The summed E-state index contributed by atoms with van der Waals surface area (Å²) in [6.45, 7) is 28.4. The molecule has 0 bridgehead atoms. The van der Waals surface area contributed by atoms with E-state index in [9.17, 15) is 24.0 Å². The number of rotatable bonds is 32. The van der Waals surface area contributed by atoms with Crippen LogP contribution in [0.1, 0.15) is 135 Å². The van der Waals surface area contributed by atoms with Crippen LogP contribution in [-0.2, 0) is 0 Å². The molecular weight excluding hydrogens is 1050 g/mol. The van der Waals surface area contributed by atoms with Crippen molar-refractivity contribution >= 4 is 29.6 Å². The Kier molecular flexibility index (Phi) is 35.9. The second kappa shape index (κ2) is 41.0. The molecule has 0 aliphatic carbocycles. The molecular formula is C58H88N6O17. The van der Waals surface area contributed by atoms with Crippen LogP contribution in [0.5, 0.6) is 63.2 Å². The summed E-state index contributed by atoms with van der Waals surface area (Å²) < 4.78 is 60.7. The van der Waals surface area contributed by atoms with Crippen molar-refractivity contribution in [2.75, 3.05) is 114 Å². The van der Waals surface area contributed by atoms with E-state index in [2.05, 4.69) is 31.9 Å². The maximum atomic E-state index is 12.2. The van der Waals surface area contributed by atoms with Crippen LogP contribution in [-0.4, -0.2) is 148 Å². The first-order valence-electron chi connectivity index (χ1n) is 27.3. The first-order valence-corrected chi connectivity index (χ1v) is 27.3. The number of benzene rings is 4. The lowest BCUT2D eigenvalue weighted by Gasteiger charge is -2.17.